The van der Waals surface area contributed by atoms with Crippen LogP contribution in [0.2, 0.25) is 0 Å². The summed E-state index contributed by atoms with van der Waals surface area (Å²) in [4.78, 5) is 46.7. The predicted molar refractivity (Wildman–Crippen MR) is 99.4 cm³/mol. The maximum absolute atomic E-state index is 11.9. The fourth-order valence-electron chi connectivity index (χ4n) is 2.65. The molecule has 1 aliphatic rings. The average molecular weight is 374 g/mol. The quantitative estimate of drug-likeness (QED) is 0.506. The molecule has 1 atom stereocenters. The lowest BCUT2D eigenvalue weighted by Gasteiger charge is -2.21. The number of nitrogens with one attached hydrogen (secondary N) is 4. The maximum atomic E-state index is 11.9. The minimum absolute atomic E-state index is 0.0563. The van der Waals surface area contributed by atoms with Gasteiger partial charge in [-0.3, -0.25) is 19.7 Å². The number of hydrogen-bond acceptors (Lipinski definition) is 4. The zero-order chi connectivity index (χ0) is 20.0. The van der Waals surface area contributed by atoms with Crippen LogP contribution in [0.15, 0.2) is 24.3 Å². The third-order valence-electron chi connectivity index (χ3n) is 4.46. The normalized spacial score (nSPS) is 18.8. The zero-order valence-electron chi connectivity index (χ0n) is 15.8. The van der Waals surface area contributed by atoms with Gasteiger partial charge >= 0.3 is 6.03 Å². The van der Waals surface area contributed by atoms with Gasteiger partial charge in [0.05, 0.1) is 6.54 Å². The van der Waals surface area contributed by atoms with E-state index in [9.17, 15) is 19.2 Å². The molecule has 1 aromatic rings. The van der Waals surface area contributed by atoms with E-state index >= 15 is 0 Å². The molecule has 0 aromatic heterocycles. The Morgan fingerprint density at radius 1 is 1.07 bits per heavy atom. The Hall–Kier alpha value is -2.90. The maximum Gasteiger partial charge on any atom is 0.322 e. The zero-order valence-corrected chi connectivity index (χ0v) is 15.8. The van der Waals surface area contributed by atoms with Gasteiger partial charge in [-0.2, -0.15) is 0 Å². The van der Waals surface area contributed by atoms with Crippen molar-refractivity contribution in [2.45, 2.75) is 45.7 Å². The summed E-state index contributed by atoms with van der Waals surface area (Å²) in [6.45, 7) is 5.96. The van der Waals surface area contributed by atoms with Gasteiger partial charge in [-0.05, 0) is 30.4 Å². The van der Waals surface area contributed by atoms with Gasteiger partial charge in [0.25, 0.3) is 5.91 Å². The van der Waals surface area contributed by atoms with E-state index in [0.717, 1.165) is 12.0 Å². The number of carbonyl (C=O) groups is 4. The van der Waals surface area contributed by atoms with E-state index in [-0.39, 0.29) is 18.4 Å². The summed E-state index contributed by atoms with van der Waals surface area (Å²) >= 11 is 0. The number of urea groups is 1. The molecule has 0 spiro atoms. The molecule has 2 rings (SSSR count). The molecule has 1 heterocycles. The third-order valence-corrected chi connectivity index (χ3v) is 4.46. The molecule has 1 fully saturated rings. The summed E-state index contributed by atoms with van der Waals surface area (Å²) in [6, 6.07) is 6.51. The molecule has 5 amide bonds. The minimum Gasteiger partial charge on any atom is -0.350 e. The SMILES string of the molecule is CC(C)CCC(=O)NCC(=O)NCc1ccc([C@@]2(C)NC(=O)NC2=O)cc1. The summed E-state index contributed by atoms with van der Waals surface area (Å²) < 4.78 is 0. The van der Waals surface area contributed by atoms with Crippen molar-refractivity contribution in [1.29, 1.82) is 0 Å². The van der Waals surface area contributed by atoms with Crippen LogP contribution in [-0.4, -0.2) is 30.3 Å². The molecule has 8 heteroatoms. The molecule has 1 aliphatic heterocycles. The van der Waals surface area contributed by atoms with Crippen LogP contribution in [-0.2, 0) is 26.5 Å². The Bertz CT molecular complexity index is 730. The van der Waals surface area contributed by atoms with Crippen LogP contribution >= 0.6 is 0 Å². The van der Waals surface area contributed by atoms with Crippen LogP contribution in [0, 0.1) is 5.92 Å². The van der Waals surface area contributed by atoms with Crippen molar-refractivity contribution in [2.24, 2.45) is 5.92 Å². The fourth-order valence-corrected chi connectivity index (χ4v) is 2.65. The standard InChI is InChI=1S/C19H26N4O4/c1-12(2)4-9-15(24)21-11-16(25)20-10-13-5-7-14(8-6-13)19(3)17(26)22-18(27)23-19/h5-8,12H,4,9-11H2,1-3H3,(H,20,25)(H,21,24)(H2,22,23,26,27)/t19-/m1/s1. The smallest absolute Gasteiger partial charge is 0.322 e. The topological polar surface area (TPSA) is 116 Å². The van der Waals surface area contributed by atoms with Gasteiger partial charge in [0.15, 0.2) is 0 Å². The molecule has 0 saturated carbocycles. The second kappa shape index (κ2) is 8.66. The van der Waals surface area contributed by atoms with Crippen LogP contribution in [0.1, 0.15) is 44.7 Å². The van der Waals surface area contributed by atoms with E-state index < -0.39 is 17.5 Å². The molecule has 0 unspecified atom stereocenters. The molecule has 27 heavy (non-hydrogen) atoms. The van der Waals surface area contributed by atoms with E-state index in [1.807, 2.05) is 13.8 Å². The molecule has 0 bridgehead atoms. The lowest BCUT2D eigenvalue weighted by molar-refractivity contribution is -0.126. The molecule has 1 saturated heterocycles. The highest BCUT2D eigenvalue weighted by Crippen LogP contribution is 2.24. The highest BCUT2D eigenvalue weighted by atomic mass is 16.2. The van der Waals surface area contributed by atoms with Crippen molar-refractivity contribution in [3.63, 3.8) is 0 Å². The van der Waals surface area contributed by atoms with Crippen LogP contribution in [0.5, 0.6) is 0 Å². The molecule has 8 nitrogen and oxygen atoms in total. The van der Waals surface area contributed by atoms with Crippen LogP contribution < -0.4 is 21.3 Å². The first kappa shape index (κ1) is 20.4. The Morgan fingerprint density at radius 3 is 2.30 bits per heavy atom. The molecular formula is C19H26N4O4. The summed E-state index contributed by atoms with van der Waals surface area (Å²) in [5.41, 5.74) is 0.393. The molecule has 146 valence electrons. The predicted octanol–water partition coefficient (Wildman–Crippen LogP) is 0.910. The van der Waals surface area contributed by atoms with Crippen LogP contribution in [0.3, 0.4) is 0 Å². The van der Waals surface area contributed by atoms with Gasteiger partial charge in [0.1, 0.15) is 5.54 Å². The van der Waals surface area contributed by atoms with Crippen molar-refractivity contribution >= 4 is 23.8 Å². The first-order chi connectivity index (χ1) is 12.7. The number of amides is 5. The van der Waals surface area contributed by atoms with Crippen molar-refractivity contribution in [3.8, 4) is 0 Å². The van der Waals surface area contributed by atoms with Crippen molar-refractivity contribution in [3.05, 3.63) is 35.4 Å². The molecule has 1 aromatic carbocycles. The van der Waals surface area contributed by atoms with E-state index in [1.165, 1.54) is 0 Å². The molecule has 4 N–H and O–H groups in total. The van der Waals surface area contributed by atoms with E-state index in [1.54, 1.807) is 31.2 Å². The van der Waals surface area contributed by atoms with Gasteiger partial charge < -0.3 is 16.0 Å². The van der Waals surface area contributed by atoms with Crippen molar-refractivity contribution in [2.75, 3.05) is 6.54 Å². The Kier molecular flexibility index (Phi) is 6.55. The second-order valence-corrected chi connectivity index (χ2v) is 7.22. The number of benzene rings is 1. The highest BCUT2D eigenvalue weighted by molar-refractivity contribution is 6.07. The monoisotopic (exact) mass is 374 g/mol. The Morgan fingerprint density at radius 2 is 1.74 bits per heavy atom. The summed E-state index contributed by atoms with van der Waals surface area (Å²) in [5.74, 6) is -0.361. The first-order valence-electron chi connectivity index (χ1n) is 8.97. The van der Waals surface area contributed by atoms with Gasteiger partial charge in [0, 0.05) is 13.0 Å². The van der Waals surface area contributed by atoms with E-state index in [2.05, 4.69) is 21.3 Å². The largest absolute Gasteiger partial charge is 0.350 e. The van der Waals surface area contributed by atoms with E-state index in [0.29, 0.717) is 24.4 Å². The fraction of sp³-hybridized carbons (Fsp3) is 0.474. The number of rotatable bonds is 8. The second-order valence-electron chi connectivity index (χ2n) is 7.22. The van der Waals surface area contributed by atoms with Crippen LogP contribution in [0.25, 0.3) is 0 Å². The molecular weight excluding hydrogens is 348 g/mol. The first-order valence-corrected chi connectivity index (χ1v) is 8.97. The number of hydrogen-bond donors (Lipinski definition) is 4. The van der Waals surface area contributed by atoms with Gasteiger partial charge in [-0.25, -0.2) is 4.79 Å². The average Bonchev–Trinajstić information content (AvgIpc) is 2.89. The minimum atomic E-state index is -1.10. The third kappa shape index (κ3) is 5.54. The summed E-state index contributed by atoms with van der Waals surface area (Å²) in [6.07, 6.45) is 1.20. The van der Waals surface area contributed by atoms with E-state index in [4.69, 9.17) is 0 Å². The van der Waals surface area contributed by atoms with Gasteiger partial charge in [-0.15, -0.1) is 0 Å². The molecule has 0 aliphatic carbocycles. The summed E-state index contributed by atoms with van der Waals surface area (Å²) in [5, 5.41) is 10.1. The van der Waals surface area contributed by atoms with Gasteiger partial charge in [-0.1, -0.05) is 38.1 Å². The lowest BCUT2D eigenvalue weighted by Crippen LogP contribution is -2.40. The number of carbonyl (C=O) groups excluding carboxylic acids is 4. The highest BCUT2D eigenvalue weighted by Gasteiger charge is 2.43. The lowest BCUT2D eigenvalue weighted by atomic mass is 9.91. The van der Waals surface area contributed by atoms with Gasteiger partial charge in [0.2, 0.25) is 11.8 Å². The molecule has 0 radical (unpaired) electrons. The summed E-state index contributed by atoms with van der Waals surface area (Å²) in [7, 11) is 0. The number of imide groups is 1. The van der Waals surface area contributed by atoms with Crippen molar-refractivity contribution < 1.29 is 19.2 Å². The Balaban J connectivity index is 1.80. The van der Waals surface area contributed by atoms with Crippen LogP contribution in [0.4, 0.5) is 4.79 Å². The Labute approximate surface area is 158 Å². The van der Waals surface area contributed by atoms with Crippen molar-refractivity contribution in [1.82, 2.24) is 21.3 Å².